The molecule has 0 radical (unpaired) electrons. The molecule has 0 amide bonds. The van der Waals surface area contributed by atoms with Crippen LogP contribution in [0.5, 0.6) is 0 Å². The molecule has 0 nitrogen and oxygen atoms in total. The van der Waals surface area contributed by atoms with Gasteiger partial charge in [0.15, 0.2) is 0 Å². The number of rotatable bonds is 0. The van der Waals surface area contributed by atoms with Crippen LogP contribution in [0.4, 0.5) is 0 Å². The zero-order valence-corrected chi connectivity index (χ0v) is 13.5. The molecule has 0 heterocycles. The molecule has 0 fully saturated rings. The first-order valence-corrected chi connectivity index (χ1v) is 7.74. The molecule has 106 valence electrons. The van der Waals surface area contributed by atoms with Crippen LogP contribution in [-0.4, -0.2) is 0 Å². The Balaban J connectivity index is 0.000000704. The predicted octanol–water partition coefficient (Wildman–Crippen LogP) is 6.07. The molecule has 0 unspecified atom stereocenters. The molecule has 0 saturated carbocycles. The highest BCUT2D eigenvalue weighted by atomic mass is 14.3. The van der Waals surface area contributed by atoms with E-state index < -0.39 is 0 Å². The van der Waals surface area contributed by atoms with Gasteiger partial charge in [0.2, 0.25) is 0 Å². The van der Waals surface area contributed by atoms with Crippen molar-refractivity contribution in [1.29, 1.82) is 0 Å². The van der Waals surface area contributed by atoms with Crippen molar-refractivity contribution in [3.8, 4) is 0 Å². The molecule has 3 aliphatic rings. The van der Waals surface area contributed by atoms with Gasteiger partial charge in [-0.3, -0.25) is 0 Å². The van der Waals surface area contributed by atoms with E-state index in [4.69, 9.17) is 0 Å². The van der Waals surface area contributed by atoms with Crippen LogP contribution in [0, 0.1) is 5.41 Å². The molecule has 0 bridgehead atoms. The summed E-state index contributed by atoms with van der Waals surface area (Å²) < 4.78 is 0. The van der Waals surface area contributed by atoms with Crippen molar-refractivity contribution in [2.75, 3.05) is 0 Å². The van der Waals surface area contributed by atoms with Crippen molar-refractivity contribution in [3.05, 3.63) is 70.4 Å². The molecule has 0 aromatic carbocycles. The summed E-state index contributed by atoms with van der Waals surface area (Å²) in [6, 6.07) is 0. The van der Waals surface area contributed by atoms with E-state index in [0.717, 1.165) is 12.8 Å². The van der Waals surface area contributed by atoms with Crippen molar-refractivity contribution >= 4 is 0 Å². The SMILES string of the molecule is CC.CC1=CC=C2C(=CC1)CC1=C2C=CC(C)(C)C=C1. The Morgan fingerprint density at radius 2 is 1.70 bits per heavy atom. The smallest absolute Gasteiger partial charge is 0.00110 e. The summed E-state index contributed by atoms with van der Waals surface area (Å²) in [6.45, 7) is 10.7. The van der Waals surface area contributed by atoms with Gasteiger partial charge in [-0.2, -0.15) is 0 Å². The van der Waals surface area contributed by atoms with Gasteiger partial charge in [0, 0.05) is 5.41 Å². The second-order valence-corrected chi connectivity index (χ2v) is 6.13. The second kappa shape index (κ2) is 5.83. The first-order chi connectivity index (χ1) is 9.55. The fourth-order valence-electron chi connectivity index (χ4n) is 2.71. The highest BCUT2D eigenvalue weighted by molar-refractivity contribution is 5.66. The number of allylic oxidation sites excluding steroid dienone is 12. The molecular weight excluding hydrogens is 240 g/mol. The van der Waals surface area contributed by atoms with E-state index in [1.165, 1.54) is 27.9 Å². The van der Waals surface area contributed by atoms with Gasteiger partial charge in [0.05, 0.1) is 0 Å². The van der Waals surface area contributed by atoms with E-state index in [1.807, 2.05) is 13.8 Å². The minimum atomic E-state index is 0.172. The molecule has 0 heteroatoms. The molecule has 0 aliphatic heterocycles. The van der Waals surface area contributed by atoms with Gasteiger partial charge in [0.1, 0.15) is 0 Å². The average molecular weight is 266 g/mol. The molecule has 0 N–H and O–H groups in total. The van der Waals surface area contributed by atoms with Crippen molar-refractivity contribution in [1.82, 2.24) is 0 Å². The first-order valence-electron chi connectivity index (χ1n) is 7.74. The van der Waals surface area contributed by atoms with Crippen molar-refractivity contribution < 1.29 is 0 Å². The van der Waals surface area contributed by atoms with E-state index in [2.05, 4.69) is 63.3 Å². The van der Waals surface area contributed by atoms with E-state index in [9.17, 15) is 0 Å². The topological polar surface area (TPSA) is 0 Å². The molecule has 0 atom stereocenters. The normalized spacial score (nSPS) is 22.6. The van der Waals surface area contributed by atoms with Crippen molar-refractivity contribution in [2.45, 2.75) is 47.5 Å². The van der Waals surface area contributed by atoms with Crippen LogP contribution >= 0.6 is 0 Å². The number of fused-ring (bicyclic) bond motifs is 2. The maximum absolute atomic E-state index is 2.39. The van der Waals surface area contributed by atoms with Crippen molar-refractivity contribution in [3.63, 3.8) is 0 Å². The average Bonchev–Trinajstić information content (AvgIpc) is 2.56. The van der Waals surface area contributed by atoms with E-state index in [1.54, 1.807) is 0 Å². The zero-order chi connectivity index (χ0) is 14.8. The van der Waals surface area contributed by atoms with Crippen LogP contribution in [0.2, 0.25) is 0 Å². The largest absolute Gasteiger partial charge is 0.0763 e. The molecule has 0 spiro atoms. The lowest BCUT2D eigenvalue weighted by Gasteiger charge is -2.13. The summed E-state index contributed by atoms with van der Waals surface area (Å²) in [5.74, 6) is 0. The molecular formula is C20H26. The molecule has 3 aliphatic carbocycles. The maximum atomic E-state index is 2.39. The highest BCUT2D eigenvalue weighted by Crippen LogP contribution is 2.42. The third kappa shape index (κ3) is 2.95. The first kappa shape index (κ1) is 14.8. The lowest BCUT2D eigenvalue weighted by atomic mass is 9.92. The van der Waals surface area contributed by atoms with Gasteiger partial charge in [-0.25, -0.2) is 0 Å². The summed E-state index contributed by atoms with van der Waals surface area (Å²) in [5.41, 5.74) is 7.45. The Hall–Kier alpha value is -1.56. The predicted molar refractivity (Wildman–Crippen MR) is 89.6 cm³/mol. The van der Waals surface area contributed by atoms with Gasteiger partial charge in [-0.1, -0.05) is 75.8 Å². The Morgan fingerprint density at radius 3 is 2.45 bits per heavy atom. The monoisotopic (exact) mass is 266 g/mol. The van der Waals surface area contributed by atoms with Crippen LogP contribution in [0.15, 0.2) is 70.4 Å². The van der Waals surface area contributed by atoms with E-state index in [-0.39, 0.29) is 5.41 Å². The lowest BCUT2D eigenvalue weighted by Crippen LogP contribution is -2.01. The van der Waals surface area contributed by atoms with Crippen LogP contribution in [0.1, 0.15) is 47.5 Å². The second-order valence-electron chi connectivity index (χ2n) is 6.13. The van der Waals surface area contributed by atoms with Gasteiger partial charge < -0.3 is 0 Å². The van der Waals surface area contributed by atoms with Crippen LogP contribution in [0.3, 0.4) is 0 Å². The minimum absolute atomic E-state index is 0.172. The summed E-state index contributed by atoms with van der Waals surface area (Å²) >= 11 is 0. The Kier molecular flexibility index (Phi) is 4.32. The Labute approximate surface area is 124 Å². The van der Waals surface area contributed by atoms with Gasteiger partial charge in [0.25, 0.3) is 0 Å². The fraction of sp³-hybridized carbons (Fsp3) is 0.400. The Morgan fingerprint density at radius 1 is 1.00 bits per heavy atom. The third-order valence-electron chi connectivity index (χ3n) is 3.96. The standard InChI is InChI=1S/C18H20.C2H6/c1-13-4-6-14-12-15-8-10-18(2,3)11-9-17(15)16(14)7-5-13;1-2/h5-11H,4,12H2,1-3H3;1-2H3. The highest BCUT2D eigenvalue weighted by Gasteiger charge is 2.24. The van der Waals surface area contributed by atoms with Gasteiger partial charge in [-0.05, 0) is 42.1 Å². The molecule has 0 aromatic rings. The fourth-order valence-corrected chi connectivity index (χ4v) is 2.71. The molecule has 0 aromatic heterocycles. The van der Waals surface area contributed by atoms with Crippen LogP contribution < -0.4 is 0 Å². The van der Waals surface area contributed by atoms with E-state index in [0.29, 0.717) is 0 Å². The summed E-state index contributed by atoms with van der Waals surface area (Å²) in [7, 11) is 0. The zero-order valence-electron chi connectivity index (χ0n) is 13.5. The number of hydrogen-bond donors (Lipinski definition) is 0. The summed E-state index contributed by atoms with van der Waals surface area (Å²) in [6.07, 6.45) is 18.4. The number of hydrogen-bond acceptors (Lipinski definition) is 0. The summed E-state index contributed by atoms with van der Waals surface area (Å²) in [4.78, 5) is 0. The maximum Gasteiger partial charge on any atom is 0.00110 e. The van der Waals surface area contributed by atoms with E-state index >= 15 is 0 Å². The third-order valence-corrected chi connectivity index (χ3v) is 3.96. The quantitative estimate of drug-likeness (QED) is 0.499. The molecule has 0 saturated heterocycles. The minimum Gasteiger partial charge on any atom is -0.0763 e. The molecule has 3 rings (SSSR count). The van der Waals surface area contributed by atoms with Crippen LogP contribution in [-0.2, 0) is 0 Å². The Bertz CT molecular complexity index is 569. The van der Waals surface area contributed by atoms with Crippen molar-refractivity contribution in [2.24, 2.45) is 5.41 Å². The van der Waals surface area contributed by atoms with Gasteiger partial charge >= 0.3 is 0 Å². The summed E-state index contributed by atoms with van der Waals surface area (Å²) in [5, 5.41) is 0. The van der Waals surface area contributed by atoms with Gasteiger partial charge in [-0.15, -0.1) is 0 Å². The molecule has 20 heavy (non-hydrogen) atoms. The lowest BCUT2D eigenvalue weighted by molar-refractivity contribution is 0.626. The van der Waals surface area contributed by atoms with Crippen LogP contribution in [0.25, 0.3) is 0 Å².